The summed E-state index contributed by atoms with van der Waals surface area (Å²) in [7, 11) is 1.95. The molecule has 2 nitrogen and oxygen atoms in total. The second kappa shape index (κ2) is 6.42. The standard InChI is InChI=1S/C17H23FN2S/c1-3-9-20(12-7-8-12)11-13-16(10-19-2)21-15-6-4-5-14(18)17(13)15/h4-6,12,19H,3,7-11H2,1-2H3. The Morgan fingerprint density at radius 1 is 1.38 bits per heavy atom. The normalized spacial score (nSPS) is 15.2. The molecule has 0 unspecified atom stereocenters. The molecule has 0 radical (unpaired) electrons. The average molecular weight is 306 g/mol. The summed E-state index contributed by atoms with van der Waals surface area (Å²) in [6, 6.07) is 6.15. The fourth-order valence-electron chi connectivity index (χ4n) is 3.01. The van der Waals surface area contributed by atoms with Gasteiger partial charge in [0, 0.05) is 34.1 Å². The fourth-order valence-corrected chi connectivity index (χ4v) is 4.25. The highest BCUT2D eigenvalue weighted by Gasteiger charge is 2.29. The minimum absolute atomic E-state index is 0.0756. The molecule has 2 aromatic rings. The Bertz CT molecular complexity index is 619. The summed E-state index contributed by atoms with van der Waals surface area (Å²) in [5.41, 5.74) is 1.20. The molecule has 1 aliphatic carbocycles. The van der Waals surface area contributed by atoms with Gasteiger partial charge < -0.3 is 5.32 Å². The Balaban J connectivity index is 1.99. The lowest BCUT2D eigenvalue weighted by atomic mass is 10.1. The lowest BCUT2D eigenvalue weighted by Crippen LogP contribution is -2.27. The van der Waals surface area contributed by atoms with Crippen molar-refractivity contribution in [1.29, 1.82) is 0 Å². The van der Waals surface area contributed by atoms with E-state index in [0.29, 0.717) is 6.04 Å². The highest BCUT2D eigenvalue weighted by molar-refractivity contribution is 7.19. The fraction of sp³-hybridized carbons (Fsp3) is 0.529. The maximum Gasteiger partial charge on any atom is 0.132 e. The summed E-state index contributed by atoms with van der Waals surface area (Å²) < 4.78 is 15.4. The second-order valence-electron chi connectivity index (χ2n) is 5.85. The van der Waals surface area contributed by atoms with E-state index in [-0.39, 0.29) is 5.82 Å². The first-order valence-electron chi connectivity index (χ1n) is 7.82. The molecule has 0 saturated heterocycles. The SMILES string of the molecule is CCCN(Cc1c(CNC)sc2cccc(F)c12)C1CC1. The van der Waals surface area contributed by atoms with Gasteiger partial charge in [0.15, 0.2) is 0 Å². The van der Waals surface area contributed by atoms with Crippen LogP contribution in [0.5, 0.6) is 0 Å². The van der Waals surface area contributed by atoms with Crippen LogP contribution in [-0.2, 0) is 13.1 Å². The first kappa shape index (κ1) is 14.9. The van der Waals surface area contributed by atoms with Crippen molar-refractivity contribution in [2.75, 3.05) is 13.6 Å². The average Bonchev–Trinajstić information content (AvgIpc) is 3.24. The zero-order chi connectivity index (χ0) is 14.8. The third-order valence-corrected chi connectivity index (χ3v) is 5.32. The van der Waals surface area contributed by atoms with Crippen molar-refractivity contribution in [3.63, 3.8) is 0 Å². The van der Waals surface area contributed by atoms with Gasteiger partial charge in [0.05, 0.1) is 0 Å². The Labute approximate surface area is 130 Å². The number of nitrogens with zero attached hydrogens (tertiary/aromatic N) is 1. The van der Waals surface area contributed by atoms with E-state index in [0.717, 1.165) is 36.1 Å². The van der Waals surface area contributed by atoms with Gasteiger partial charge >= 0.3 is 0 Å². The van der Waals surface area contributed by atoms with Crippen molar-refractivity contribution in [2.45, 2.75) is 45.3 Å². The van der Waals surface area contributed by atoms with E-state index in [2.05, 4.69) is 17.1 Å². The molecule has 1 saturated carbocycles. The van der Waals surface area contributed by atoms with Gasteiger partial charge in [-0.05, 0) is 50.6 Å². The van der Waals surface area contributed by atoms with Gasteiger partial charge in [-0.15, -0.1) is 11.3 Å². The molecule has 1 fully saturated rings. The van der Waals surface area contributed by atoms with Crippen LogP contribution < -0.4 is 5.32 Å². The highest BCUT2D eigenvalue weighted by atomic mass is 32.1. The summed E-state index contributed by atoms with van der Waals surface area (Å²) in [5, 5.41) is 4.07. The predicted molar refractivity (Wildman–Crippen MR) is 88.3 cm³/mol. The van der Waals surface area contributed by atoms with Crippen LogP contribution in [-0.4, -0.2) is 24.5 Å². The van der Waals surface area contributed by atoms with Crippen LogP contribution in [0.1, 0.15) is 36.6 Å². The molecule has 1 heterocycles. The van der Waals surface area contributed by atoms with E-state index in [1.807, 2.05) is 19.2 Å². The molecular weight excluding hydrogens is 283 g/mol. The van der Waals surface area contributed by atoms with Crippen LogP contribution in [0.25, 0.3) is 10.1 Å². The first-order valence-corrected chi connectivity index (χ1v) is 8.63. The Kier molecular flexibility index (Phi) is 4.57. The number of nitrogens with one attached hydrogen (secondary N) is 1. The number of halogens is 1. The summed E-state index contributed by atoms with van der Waals surface area (Å²) in [4.78, 5) is 3.81. The minimum Gasteiger partial charge on any atom is -0.315 e. The maximum absolute atomic E-state index is 14.3. The maximum atomic E-state index is 14.3. The zero-order valence-corrected chi connectivity index (χ0v) is 13.6. The van der Waals surface area contributed by atoms with Crippen LogP contribution >= 0.6 is 11.3 Å². The van der Waals surface area contributed by atoms with E-state index < -0.39 is 0 Å². The molecular formula is C17H23FN2S. The van der Waals surface area contributed by atoms with Gasteiger partial charge in [0.1, 0.15) is 5.82 Å². The van der Waals surface area contributed by atoms with Crippen LogP contribution in [0.3, 0.4) is 0 Å². The van der Waals surface area contributed by atoms with Crippen molar-refractivity contribution >= 4 is 21.4 Å². The minimum atomic E-state index is -0.0756. The van der Waals surface area contributed by atoms with Crippen molar-refractivity contribution in [2.24, 2.45) is 0 Å². The van der Waals surface area contributed by atoms with Crippen molar-refractivity contribution in [3.05, 3.63) is 34.5 Å². The van der Waals surface area contributed by atoms with Gasteiger partial charge in [-0.3, -0.25) is 4.90 Å². The smallest absolute Gasteiger partial charge is 0.132 e. The molecule has 114 valence electrons. The highest BCUT2D eigenvalue weighted by Crippen LogP contribution is 2.36. The molecule has 0 aliphatic heterocycles. The molecule has 0 spiro atoms. The van der Waals surface area contributed by atoms with Crippen LogP contribution in [0.15, 0.2) is 18.2 Å². The molecule has 1 aliphatic rings. The number of hydrogen-bond donors (Lipinski definition) is 1. The molecule has 3 rings (SSSR count). The first-order chi connectivity index (χ1) is 10.2. The molecule has 4 heteroatoms. The molecule has 21 heavy (non-hydrogen) atoms. The van der Waals surface area contributed by atoms with Crippen LogP contribution in [0, 0.1) is 5.82 Å². The largest absolute Gasteiger partial charge is 0.315 e. The number of thiophene rings is 1. The van der Waals surface area contributed by atoms with Gasteiger partial charge in [-0.25, -0.2) is 4.39 Å². The summed E-state index contributed by atoms with van der Waals surface area (Å²) in [5.74, 6) is -0.0756. The summed E-state index contributed by atoms with van der Waals surface area (Å²) in [6.07, 6.45) is 3.75. The zero-order valence-electron chi connectivity index (χ0n) is 12.8. The van der Waals surface area contributed by atoms with Crippen molar-refractivity contribution in [3.8, 4) is 0 Å². The quantitative estimate of drug-likeness (QED) is 0.827. The molecule has 1 aromatic carbocycles. The number of hydrogen-bond acceptors (Lipinski definition) is 3. The van der Waals surface area contributed by atoms with Crippen molar-refractivity contribution in [1.82, 2.24) is 10.2 Å². The number of fused-ring (bicyclic) bond motifs is 1. The summed E-state index contributed by atoms with van der Waals surface area (Å²) >= 11 is 1.73. The van der Waals surface area contributed by atoms with Crippen LogP contribution in [0.4, 0.5) is 4.39 Å². The van der Waals surface area contributed by atoms with Gasteiger partial charge in [-0.2, -0.15) is 0 Å². The second-order valence-corrected chi connectivity index (χ2v) is 6.99. The third-order valence-electron chi connectivity index (χ3n) is 4.12. The van der Waals surface area contributed by atoms with E-state index >= 15 is 0 Å². The van der Waals surface area contributed by atoms with E-state index in [4.69, 9.17) is 0 Å². The molecule has 0 bridgehead atoms. The van der Waals surface area contributed by atoms with E-state index in [1.165, 1.54) is 23.3 Å². The Hall–Kier alpha value is -0.970. The molecule has 1 N–H and O–H groups in total. The predicted octanol–water partition coefficient (Wildman–Crippen LogP) is 4.13. The monoisotopic (exact) mass is 306 g/mol. The van der Waals surface area contributed by atoms with Gasteiger partial charge in [0.25, 0.3) is 0 Å². The summed E-state index contributed by atoms with van der Waals surface area (Å²) in [6.45, 7) is 5.03. The van der Waals surface area contributed by atoms with Gasteiger partial charge in [-0.1, -0.05) is 13.0 Å². The molecule has 0 atom stereocenters. The Morgan fingerprint density at radius 3 is 2.86 bits per heavy atom. The van der Waals surface area contributed by atoms with Crippen LogP contribution in [0.2, 0.25) is 0 Å². The topological polar surface area (TPSA) is 15.3 Å². The number of benzene rings is 1. The van der Waals surface area contributed by atoms with Gasteiger partial charge in [0.2, 0.25) is 0 Å². The molecule has 0 amide bonds. The lowest BCUT2D eigenvalue weighted by Gasteiger charge is -2.22. The molecule has 1 aromatic heterocycles. The van der Waals surface area contributed by atoms with E-state index in [9.17, 15) is 4.39 Å². The lowest BCUT2D eigenvalue weighted by molar-refractivity contribution is 0.255. The third kappa shape index (κ3) is 3.12. The Morgan fingerprint density at radius 2 is 2.19 bits per heavy atom. The number of rotatable bonds is 7. The van der Waals surface area contributed by atoms with Crippen molar-refractivity contribution < 1.29 is 4.39 Å². The van der Waals surface area contributed by atoms with E-state index in [1.54, 1.807) is 17.4 Å².